The van der Waals surface area contributed by atoms with Crippen LogP contribution in [0.15, 0.2) is 48.5 Å². The number of nitrogens with zero attached hydrogens (tertiary/aromatic N) is 1. The van der Waals surface area contributed by atoms with Crippen LogP contribution in [0.5, 0.6) is 0 Å². The molecular formula is C21H26N2O2. The van der Waals surface area contributed by atoms with Gasteiger partial charge in [0.2, 0.25) is 0 Å². The number of nitrogens with one attached hydrogen (secondary N) is 1. The van der Waals surface area contributed by atoms with Crippen LogP contribution >= 0.6 is 0 Å². The molecule has 3 rings (SSSR count). The highest BCUT2D eigenvalue weighted by Crippen LogP contribution is 2.35. The molecule has 1 aliphatic rings. The van der Waals surface area contributed by atoms with Crippen molar-refractivity contribution in [3.63, 3.8) is 0 Å². The van der Waals surface area contributed by atoms with Crippen LogP contribution in [-0.2, 0) is 4.74 Å². The van der Waals surface area contributed by atoms with Crippen molar-refractivity contribution in [3.05, 3.63) is 54.1 Å². The van der Waals surface area contributed by atoms with Gasteiger partial charge in [0, 0.05) is 31.7 Å². The molecule has 1 fully saturated rings. The zero-order valence-electron chi connectivity index (χ0n) is 15.2. The lowest BCUT2D eigenvalue weighted by molar-refractivity contribution is 0.00703. The summed E-state index contributed by atoms with van der Waals surface area (Å²) in [7, 11) is 0. The van der Waals surface area contributed by atoms with Crippen LogP contribution in [0.3, 0.4) is 0 Å². The van der Waals surface area contributed by atoms with Crippen LogP contribution in [0.4, 0.5) is 5.69 Å². The van der Waals surface area contributed by atoms with Gasteiger partial charge >= 0.3 is 5.97 Å². The van der Waals surface area contributed by atoms with E-state index in [2.05, 4.69) is 28.4 Å². The molecule has 0 saturated carbocycles. The Morgan fingerprint density at radius 3 is 2.32 bits per heavy atom. The van der Waals surface area contributed by atoms with Gasteiger partial charge in [0.1, 0.15) is 5.60 Å². The van der Waals surface area contributed by atoms with E-state index in [1.165, 1.54) is 0 Å². The lowest BCUT2D eigenvalue weighted by Crippen LogP contribution is -2.44. The molecule has 0 amide bonds. The summed E-state index contributed by atoms with van der Waals surface area (Å²) in [5, 5.41) is 3.37. The Kier molecular flexibility index (Phi) is 5.09. The fourth-order valence-corrected chi connectivity index (χ4v) is 3.12. The molecule has 1 heterocycles. The lowest BCUT2D eigenvalue weighted by Gasteiger charge is -2.33. The van der Waals surface area contributed by atoms with Crippen LogP contribution in [0.25, 0.3) is 11.1 Å². The van der Waals surface area contributed by atoms with Crippen molar-refractivity contribution >= 4 is 11.7 Å². The average Bonchev–Trinajstić information content (AvgIpc) is 2.61. The third-order valence-corrected chi connectivity index (χ3v) is 4.17. The molecule has 1 N–H and O–H groups in total. The smallest absolute Gasteiger partial charge is 0.340 e. The maximum absolute atomic E-state index is 12.8. The highest BCUT2D eigenvalue weighted by molar-refractivity contribution is 6.00. The molecule has 2 aromatic carbocycles. The summed E-state index contributed by atoms with van der Waals surface area (Å²) >= 11 is 0. The molecule has 0 aromatic heterocycles. The summed E-state index contributed by atoms with van der Waals surface area (Å²) in [6.07, 6.45) is 0. The monoisotopic (exact) mass is 338 g/mol. The quantitative estimate of drug-likeness (QED) is 0.866. The molecule has 1 aliphatic heterocycles. The molecular weight excluding hydrogens is 312 g/mol. The first-order valence-corrected chi connectivity index (χ1v) is 8.83. The van der Waals surface area contributed by atoms with Gasteiger partial charge in [-0.15, -0.1) is 0 Å². The van der Waals surface area contributed by atoms with Crippen LogP contribution in [0.1, 0.15) is 31.1 Å². The standard InChI is InChI=1S/C21H26N2O2/c1-21(2,3)25-20(24)18-11-7-10-17(16-8-5-4-6-9-16)19(18)23-14-12-22-13-15-23/h4-11,22H,12-15H2,1-3H3. The third kappa shape index (κ3) is 4.20. The van der Waals surface area contributed by atoms with E-state index in [1.807, 2.05) is 51.1 Å². The summed E-state index contributed by atoms with van der Waals surface area (Å²) in [6, 6.07) is 16.1. The average molecular weight is 338 g/mol. The van der Waals surface area contributed by atoms with Crippen molar-refractivity contribution in [3.8, 4) is 11.1 Å². The molecule has 4 nitrogen and oxygen atoms in total. The molecule has 4 heteroatoms. The SMILES string of the molecule is CC(C)(C)OC(=O)c1cccc(-c2ccccc2)c1N1CCNCC1. The minimum absolute atomic E-state index is 0.265. The number of ether oxygens (including phenoxy) is 1. The van der Waals surface area contributed by atoms with E-state index in [9.17, 15) is 4.79 Å². The first kappa shape index (κ1) is 17.5. The van der Waals surface area contributed by atoms with E-state index in [0.29, 0.717) is 5.56 Å². The van der Waals surface area contributed by atoms with Gasteiger partial charge in [0.15, 0.2) is 0 Å². The number of piperazine rings is 1. The summed E-state index contributed by atoms with van der Waals surface area (Å²) < 4.78 is 5.66. The Labute approximate surface area is 149 Å². The molecule has 2 aromatic rings. The normalized spacial score (nSPS) is 15.1. The van der Waals surface area contributed by atoms with E-state index < -0.39 is 5.60 Å². The van der Waals surface area contributed by atoms with Gasteiger partial charge in [0.25, 0.3) is 0 Å². The molecule has 132 valence electrons. The first-order chi connectivity index (χ1) is 12.0. The predicted molar refractivity (Wildman–Crippen MR) is 102 cm³/mol. The Bertz CT molecular complexity index is 729. The van der Waals surface area contributed by atoms with Gasteiger partial charge in [-0.05, 0) is 32.4 Å². The van der Waals surface area contributed by atoms with Crippen molar-refractivity contribution in [1.82, 2.24) is 5.32 Å². The highest BCUT2D eigenvalue weighted by atomic mass is 16.6. The molecule has 0 bridgehead atoms. The second-order valence-corrected chi connectivity index (χ2v) is 7.31. The van der Waals surface area contributed by atoms with Crippen LogP contribution in [0, 0.1) is 0 Å². The maximum atomic E-state index is 12.8. The van der Waals surface area contributed by atoms with Crippen molar-refractivity contribution < 1.29 is 9.53 Å². The summed E-state index contributed by atoms with van der Waals surface area (Å²) in [5.41, 5.74) is 3.29. The summed E-state index contributed by atoms with van der Waals surface area (Å²) in [6.45, 7) is 9.27. The van der Waals surface area contributed by atoms with E-state index in [1.54, 1.807) is 0 Å². The van der Waals surface area contributed by atoms with Crippen LogP contribution < -0.4 is 10.2 Å². The number of hydrogen-bond donors (Lipinski definition) is 1. The predicted octanol–water partition coefficient (Wildman–Crippen LogP) is 3.72. The van der Waals surface area contributed by atoms with Crippen molar-refractivity contribution in [2.75, 3.05) is 31.1 Å². The Balaban J connectivity index is 2.09. The number of para-hydroxylation sites is 1. The topological polar surface area (TPSA) is 41.6 Å². The highest BCUT2D eigenvalue weighted by Gasteiger charge is 2.25. The molecule has 0 atom stereocenters. The fraction of sp³-hybridized carbons (Fsp3) is 0.381. The Hall–Kier alpha value is -2.33. The molecule has 25 heavy (non-hydrogen) atoms. The molecule has 0 aliphatic carbocycles. The summed E-state index contributed by atoms with van der Waals surface area (Å²) in [4.78, 5) is 15.1. The van der Waals surface area contributed by atoms with Gasteiger partial charge in [-0.1, -0.05) is 42.5 Å². The number of carbonyl (C=O) groups is 1. The second kappa shape index (κ2) is 7.28. The second-order valence-electron chi connectivity index (χ2n) is 7.31. The fourth-order valence-electron chi connectivity index (χ4n) is 3.12. The Morgan fingerprint density at radius 2 is 1.68 bits per heavy atom. The van der Waals surface area contributed by atoms with E-state index in [-0.39, 0.29) is 5.97 Å². The number of hydrogen-bond acceptors (Lipinski definition) is 4. The number of carbonyl (C=O) groups excluding carboxylic acids is 1. The van der Waals surface area contributed by atoms with Crippen LogP contribution in [-0.4, -0.2) is 37.7 Å². The molecule has 0 radical (unpaired) electrons. The zero-order valence-corrected chi connectivity index (χ0v) is 15.2. The molecule has 0 spiro atoms. The van der Waals surface area contributed by atoms with E-state index >= 15 is 0 Å². The summed E-state index contributed by atoms with van der Waals surface area (Å²) in [5.74, 6) is -0.265. The van der Waals surface area contributed by atoms with Gasteiger partial charge in [0.05, 0.1) is 11.3 Å². The number of anilines is 1. The zero-order chi connectivity index (χ0) is 17.9. The largest absolute Gasteiger partial charge is 0.456 e. The van der Waals surface area contributed by atoms with Gasteiger partial charge in [-0.3, -0.25) is 0 Å². The first-order valence-electron chi connectivity index (χ1n) is 8.83. The lowest BCUT2D eigenvalue weighted by atomic mass is 9.98. The maximum Gasteiger partial charge on any atom is 0.340 e. The van der Waals surface area contributed by atoms with Crippen molar-refractivity contribution in [2.45, 2.75) is 26.4 Å². The number of rotatable bonds is 3. The minimum Gasteiger partial charge on any atom is -0.456 e. The molecule has 0 unspecified atom stereocenters. The minimum atomic E-state index is -0.513. The van der Waals surface area contributed by atoms with Gasteiger partial charge in [-0.2, -0.15) is 0 Å². The third-order valence-electron chi connectivity index (χ3n) is 4.17. The molecule has 1 saturated heterocycles. The van der Waals surface area contributed by atoms with Crippen molar-refractivity contribution in [2.24, 2.45) is 0 Å². The number of esters is 1. The van der Waals surface area contributed by atoms with Crippen molar-refractivity contribution in [1.29, 1.82) is 0 Å². The van der Waals surface area contributed by atoms with Gasteiger partial charge < -0.3 is 15.0 Å². The number of benzene rings is 2. The van der Waals surface area contributed by atoms with E-state index in [4.69, 9.17) is 4.74 Å². The van der Waals surface area contributed by atoms with Crippen LogP contribution in [0.2, 0.25) is 0 Å². The Morgan fingerprint density at radius 1 is 1.00 bits per heavy atom. The van der Waals surface area contributed by atoms with Gasteiger partial charge in [-0.25, -0.2) is 4.79 Å². The van der Waals surface area contributed by atoms with E-state index in [0.717, 1.165) is 43.0 Å².